The van der Waals surface area contributed by atoms with Gasteiger partial charge < -0.3 is 5.11 Å². The first-order valence-corrected chi connectivity index (χ1v) is 6.39. The van der Waals surface area contributed by atoms with Crippen molar-refractivity contribution in [1.82, 2.24) is 14.8 Å². The van der Waals surface area contributed by atoms with Gasteiger partial charge in [0.25, 0.3) is 0 Å². The van der Waals surface area contributed by atoms with Crippen molar-refractivity contribution in [3.05, 3.63) is 47.6 Å². The minimum Gasteiger partial charge on any atom is -0.493 e. The molecule has 3 aromatic rings. The van der Waals surface area contributed by atoms with Crippen LogP contribution < -0.4 is 0 Å². The minimum atomic E-state index is 0.133. The van der Waals surface area contributed by atoms with Gasteiger partial charge in [-0.1, -0.05) is 30.3 Å². The zero-order chi connectivity index (χ0) is 12.5. The molecule has 4 nitrogen and oxygen atoms in total. The van der Waals surface area contributed by atoms with Crippen LogP contribution in [0.1, 0.15) is 5.69 Å². The van der Waals surface area contributed by atoms with Crippen molar-refractivity contribution >= 4 is 11.3 Å². The van der Waals surface area contributed by atoms with Gasteiger partial charge in [-0.05, 0) is 12.5 Å². The van der Waals surface area contributed by atoms with Crippen LogP contribution in [0.25, 0.3) is 16.3 Å². The third-order valence-corrected chi connectivity index (χ3v) is 3.45. The van der Waals surface area contributed by atoms with E-state index in [0.29, 0.717) is 5.13 Å². The zero-order valence-electron chi connectivity index (χ0n) is 9.74. The SMILES string of the molecule is Cc1nn(-c2nccs2)c(O)c1-c1ccccc1. The number of aromatic nitrogens is 3. The Morgan fingerprint density at radius 2 is 2.00 bits per heavy atom. The van der Waals surface area contributed by atoms with E-state index in [-0.39, 0.29) is 5.88 Å². The van der Waals surface area contributed by atoms with E-state index < -0.39 is 0 Å². The normalized spacial score (nSPS) is 10.7. The lowest BCUT2D eigenvalue weighted by atomic mass is 10.1. The number of benzene rings is 1. The molecule has 0 aliphatic carbocycles. The van der Waals surface area contributed by atoms with Crippen LogP contribution in [0, 0.1) is 6.92 Å². The number of aromatic hydroxyl groups is 1. The quantitative estimate of drug-likeness (QED) is 0.767. The Morgan fingerprint density at radius 1 is 1.22 bits per heavy atom. The first-order chi connectivity index (χ1) is 8.77. The molecule has 3 rings (SSSR count). The van der Waals surface area contributed by atoms with Crippen LogP contribution in [-0.2, 0) is 0 Å². The van der Waals surface area contributed by atoms with Gasteiger partial charge in [0.15, 0.2) is 0 Å². The summed E-state index contributed by atoms with van der Waals surface area (Å²) in [5.41, 5.74) is 2.50. The predicted octanol–water partition coefficient (Wildman–Crippen LogP) is 3.01. The lowest BCUT2D eigenvalue weighted by Crippen LogP contribution is -1.94. The number of aryl methyl sites for hydroxylation is 1. The molecule has 18 heavy (non-hydrogen) atoms. The number of rotatable bonds is 2. The van der Waals surface area contributed by atoms with E-state index in [1.165, 1.54) is 16.0 Å². The van der Waals surface area contributed by atoms with Crippen molar-refractivity contribution in [2.45, 2.75) is 6.92 Å². The Kier molecular flexibility index (Phi) is 2.60. The van der Waals surface area contributed by atoms with Crippen molar-refractivity contribution in [2.75, 3.05) is 0 Å². The molecule has 0 atom stereocenters. The van der Waals surface area contributed by atoms with Crippen molar-refractivity contribution in [2.24, 2.45) is 0 Å². The lowest BCUT2D eigenvalue weighted by Gasteiger charge is -2.00. The molecule has 0 aliphatic heterocycles. The monoisotopic (exact) mass is 257 g/mol. The first kappa shape index (κ1) is 11.0. The van der Waals surface area contributed by atoms with E-state index in [9.17, 15) is 5.11 Å². The zero-order valence-corrected chi connectivity index (χ0v) is 10.6. The topological polar surface area (TPSA) is 50.9 Å². The van der Waals surface area contributed by atoms with E-state index in [4.69, 9.17) is 0 Å². The highest BCUT2D eigenvalue weighted by Gasteiger charge is 2.17. The van der Waals surface area contributed by atoms with Gasteiger partial charge in [0.05, 0.1) is 11.3 Å². The van der Waals surface area contributed by atoms with Crippen molar-refractivity contribution < 1.29 is 5.11 Å². The third-order valence-electron chi connectivity index (χ3n) is 2.70. The maximum atomic E-state index is 10.3. The molecule has 0 unspecified atom stereocenters. The van der Waals surface area contributed by atoms with Gasteiger partial charge in [-0.2, -0.15) is 9.78 Å². The second kappa shape index (κ2) is 4.27. The third kappa shape index (κ3) is 1.69. The molecule has 0 saturated carbocycles. The van der Waals surface area contributed by atoms with Crippen molar-refractivity contribution in [3.8, 4) is 22.1 Å². The fraction of sp³-hybridized carbons (Fsp3) is 0.0769. The molecule has 90 valence electrons. The average molecular weight is 257 g/mol. The Balaban J connectivity index is 2.18. The summed E-state index contributed by atoms with van der Waals surface area (Å²) in [6, 6.07) is 9.73. The fourth-order valence-corrected chi connectivity index (χ4v) is 2.50. The molecule has 0 amide bonds. The molecule has 0 bridgehead atoms. The summed E-state index contributed by atoms with van der Waals surface area (Å²) in [6.07, 6.45) is 1.69. The van der Waals surface area contributed by atoms with Crippen molar-refractivity contribution in [3.63, 3.8) is 0 Å². The summed E-state index contributed by atoms with van der Waals surface area (Å²) in [6.45, 7) is 1.88. The van der Waals surface area contributed by atoms with Gasteiger partial charge >= 0.3 is 0 Å². The molecular formula is C13H11N3OS. The summed E-state index contributed by atoms with van der Waals surface area (Å²) in [4.78, 5) is 4.15. The van der Waals surface area contributed by atoms with Crippen LogP contribution >= 0.6 is 11.3 Å². The van der Waals surface area contributed by atoms with Gasteiger partial charge in [-0.3, -0.25) is 0 Å². The van der Waals surface area contributed by atoms with Gasteiger partial charge in [-0.25, -0.2) is 4.98 Å². The highest BCUT2D eigenvalue weighted by atomic mass is 32.1. The average Bonchev–Trinajstić information content (AvgIpc) is 2.99. The van der Waals surface area contributed by atoms with E-state index >= 15 is 0 Å². The molecule has 0 saturated heterocycles. The van der Waals surface area contributed by atoms with Gasteiger partial charge in [-0.15, -0.1) is 11.3 Å². The molecule has 0 aliphatic rings. The molecule has 0 radical (unpaired) electrons. The minimum absolute atomic E-state index is 0.133. The fourth-order valence-electron chi connectivity index (χ4n) is 1.91. The Morgan fingerprint density at radius 3 is 2.67 bits per heavy atom. The standard InChI is InChI=1S/C13H11N3OS/c1-9-11(10-5-3-2-4-6-10)12(17)16(15-9)13-14-7-8-18-13/h2-8,17H,1H3. The van der Waals surface area contributed by atoms with Crippen LogP contribution in [0.15, 0.2) is 41.9 Å². The highest BCUT2D eigenvalue weighted by molar-refractivity contribution is 7.12. The van der Waals surface area contributed by atoms with Crippen LogP contribution in [0.4, 0.5) is 0 Å². The highest BCUT2D eigenvalue weighted by Crippen LogP contribution is 2.34. The Hall–Kier alpha value is -2.14. The van der Waals surface area contributed by atoms with Crippen LogP contribution in [-0.4, -0.2) is 19.9 Å². The first-order valence-electron chi connectivity index (χ1n) is 5.51. The van der Waals surface area contributed by atoms with Gasteiger partial charge in [0.2, 0.25) is 11.0 Å². The molecule has 2 heterocycles. The summed E-state index contributed by atoms with van der Waals surface area (Å²) in [5, 5.41) is 17.2. The predicted molar refractivity (Wildman–Crippen MR) is 71.1 cm³/mol. The second-order valence-electron chi connectivity index (χ2n) is 3.88. The number of hydrogen-bond acceptors (Lipinski definition) is 4. The molecule has 0 fully saturated rings. The Labute approximate surface area is 108 Å². The smallest absolute Gasteiger partial charge is 0.224 e. The summed E-state index contributed by atoms with van der Waals surface area (Å²) >= 11 is 1.44. The summed E-state index contributed by atoms with van der Waals surface area (Å²) in [5.74, 6) is 0.133. The number of hydrogen-bond donors (Lipinski definition) is 1. The van der Waals surface area contributed by atoms with Crippen molar-refractivity contribution in [1.29, 1.82) is 0 Å². The van der Waals surface area contributed by atoms with Crippen LogP contribution in [0.3, 0.4) is 0 Å². The van der Waals surface area contributed by atoms with E-state index in [1.807, 2.05) is 42.6 Å². The molecule has 0 spiro atoms. The maximum Gasteiger partial charge on any atom is 0.224 e. The van der Waals surface area contributed by atoms with Gasteiger partial charge in [0, 0.05) is 11.6 Å². The lowest BCUT2D eigenvalue weighted by molar-refractivity contribution is 0.435. The largest absolute Gasteiger partial charge is 0.493 e. The summed E-state index contributed by atoms with van der Waals surface area (Å²) in [7, 11) is 0. The maximum absolute atomic E-state index is 10.3. The molecule has 1 aromatic carbocycles. The van der Waals surface area contributed by atoms with Crippen LogP contribution in [0.2, 0.25) is 0 Å². The Bertz CT molecular complexity index is 659. The van der Waals surface area contributed by atoms with E-state index in [0.717, 1.165) is 16.8 Å². The van der Waals surface area contributed by atoms with E-state index in [1.54, 1.807) is 6.20 Å². The van der Waals surface area contributed by atoms with Crippen LogP contribution in [0.5, 0.6) is 5.88 Å². The summed E-state index contributed by atoms with van der Waals surface area (Å²) < 4.78 is 1.47. The molecule has 1 N–H and O–H groups in total. The number of nitrogens with zero attached hydrogens (tertiary/aromatic N) is 3. The van der Waals surface area contributed by atoms with E-state index in [2.05, 4.69) is 10.1 Å². The number of thiazole rings is 1. The molecular weight excluding hydrogens is 246 g/mol. The second-order valence-corrected chi connectivity index (χ2v) is 4.75. The molecule has 2 aromatic heterocycles. The molecule has 5 heteroatoms. The van der Waals surface area contributed by atoms with Gasteiger partial charge in [0.1, 0.15) is 0 Å².